The Kier molecular flexibility index (Phi) is 6.10. The molecule has 0 amide bonds. The number of fused-ring (bicyclic) bond motifs is 4. The zero-order valence-corrected chi connectivity index (χ0v) is 24.8. The molecule has 2 aromatic heterocycles. The SMILES string of the molecule is c1ccc2cc(-c3nc(-c4ccc(-c5c6ccccc6cc6cccnc56)cc4)nc(-c4ccc5ccccc5c4)n3)ccc2c1. The van der Waals surface area contributed by atoms with E-state index in [-0.39, 0.29) is 0 Å². The van der Waals surface area contributed by atoms with E-state index < -0.39 is 0 Å². The summed E-state index contributed by atoms with van der Waals surface area (Å²) in [6.45, 7) is 0. The van der Waals surface area contributed by atoms with Crippen LogP contribution in [-0.2, 0) is 0 Å². The summed E-state index contributed by atoms with van der Waals surface area (Å²) in [5.74, 6) is 1.92. The second-order valence-corrected chi connectivity index (χ2v) is 11.6. The first kappa shape index (κ1) is 26.2. The lowest BCUT2D eigenvalue weighted by Gasteiger charge is -2.12. The summed E-state index contributed by atoms with van der Waals surface area (Å²) in [6, 6.07) is 52.8. The molecule has 0 aliphatic carbocycles. The van der Waals surface area contributed by atoms with Gasteiger partial charge in [-0.2, -0.15) is 0 Å². The van der Waals surface area contributed by atoms with E-state index in [0.717, 1.165) is 49.5 Å². The highest BCUT2D eigenvalue weighted by molar-refractivity contribution is 6.11. The van der Waals surface area contributed by atoms with E-state index in [0.29, 0.717) is 17.5 Å². The summed E-state index contributed by atoms with van der Waals surface area (Å²) < 4.78 is 0. The average molecular weight is 587 g/mol. The van der Waals surface area contributed by atoms with Crippen LogP contribution in [0, 0.1) is 0 Å². The number of pyridine rings is 1. The molecule has 0 fully saturated rings. The number of hydrogen-bond acceptors (Lipinski definition) is 4. The quantitative estimate of drug-likeness (QED) is 0.193. The van der Waals surface area contributed by atoms with Crippen LogP contribution in [0.3, 0.4) is 0 Å². The highest BCUT2D eigenvalue weighted by atomic mass is 15.0. The van der Waals surface area contributed by atoms with Crippen LogP contribution in [0.2, 0.25) is 0 Å². The Morgan fingerprint density at radius 1 is 0.326 bits per heavy atom. The Morgan fingerprint density at radius 2 is 0.804 bits per heavy atom. The van der Waals surface area contributed by atoms with Gasteiger partial charge < -0.3 is 0 Å². The van der Waals surface area contributed by atoms with Crippen LogP contribution in [-0.4, -0.2) is 19.9 Å². The van der Waals surface area contributed by atoms with Crippen molar-refractivity contribution in [2.24, 2.45) is 0 Å². The van der Waals surface area contributed by atoms with Crippen molar-refractivity contribution in [3.8, 4) is 45.3 Å². The maximum Gasteiger partial charge on any atom is 0.164 e. The molecule has 0 bridgehead atoms. The predicted octanol–water partition coefficient (Wildman–Crippen LogP) is 10.5. The smallest absolute Gasteiger partial charge is 0.164 e. The van der Waals surface area contributed by atoms with Crippen LogP contribution < -0.4 is 0 Å². The molecule has 4 heteroatoms. The van der Waals surface area contributed by atoms with Gasteiger partial charge in [0.15, 0.2) is 17.5 Å². The summed E-state index contributed by atoms with van der Waals surface area (Å²) in [4.78, 5) is 19.9. The third-order valence-corrected chi connectivity index (χ3v) is 8.70. The number of aromatic nitrogens is 4. The number of rotatable bonds is 4. The number of nitrogens with zero attached hydrogens (tertiary/aromatic N) is 4. The van der Waals surface area contributed by atoms with Crippen molar-refractivity contribution in [1.29, 1.82) is 0 Å². The van der Waals surface area contributed by atoms with Crippen molar-refractivity contribution in [3.05, 3.63) is 158 Å². The third kappa shape index (κ3) is 4.56. The molecule has 0 saturated heterocycles. The third-order valence-electron chi connectivity index (χ3n) is 8.70. The van der Waals surface area contributed by atoms with Crippen LogP contribution in [0.1, 0.15) is 0 Å². The second kappa shape index (κ2) is 10.7. The van der Waals surface area contributed by atoms with Gasteiger partial charge in [0.1, 0.15) is 0 Å². The largest absolute Gasteiger partial charge is 0.256 e. The van der Waals surface area contributed by atoms with Crippen molar-refractivity contribution >= 4 is 43.2 Å². The van der Waals surface area contributed by atoms with Gasteiger partial charge in [-0.3, -0.25) is 4.98 Å². The Morgan fingerprint density at radius 3 is 1.43 bits per heavy atom. The van der Waals surface area contributed by atoms with Crippen LogP contribution in [0.25, 0.3) is 88.5 Å². The fourth-order valence-electron chi connectivity index (χ4n) is 6.39. The minimum absolute atomic E-state index is 0.633. The second-order valence-electron chi connectivity index (χ2n) is 11.6. The summed E-state index contributed by atoms with van der Waals surface area (Å²) >= 11 is 0. The van der Waals surface area contributed by atoms with E-state index in [1.54, 1.807) is 0 Å². The van der Waals surface area contributed by atoms with Crippen molar-refractivity contribution in [3.63, 3.8) is 0 Å². The van der Waals surface area contributed by atoms with E-state index in [4.69, 9.17) is 19.9 Å². The van der Waals surface area contributed by atoms with Crippen molar-refractivity contribution in [2.45, 2.75) is 0 Å². The van der Waals surface area contributed by atoms with Crippen molar-refractivity contribution in [1.82, 2.24) is 19.9 Å². The number of benzene rings is 7. The lowest BCUT2D eigenvalue weighted by Crippen LogP contribution is -2.00. The first-order valence-corrected chi connectivity index (χ1v) is 15.4. The van der Waals surface area contributed by atoms with E-state index in [1.807, 2.05) is 12.3 Å². The molecule has 46 heavy (non-hydrogen) atoms. The standard InChI is InChI=1S/C42H26N4/c1-3-10-31-24-35(21-15-27(31)8-1)41-44-40(45-42(46-41)36-22-16-28-9-2-4-11-32(28)25-36)30-19-17-29(18-20-30)38-37-14-6-5-12-33(37)26-34-13-7-23-43-39(34)38/h1-26H. The molecule has 0 unspecified atom stereocenters. The molecule has 0 atom stereocenters. The Labute approximate surface area is 265 Å². The Hall–Kier alpha value is -6.26. The first-order chi connectivity index (χ1) is 22.8. The van der Waals surface area contributed by atoms with Crippen molar-refractivity contribution < 1.29 is 0 Å². The van der Waals surface area contributed by atoms with Gasteiger partial charge in [-0.05, 0) is 62.1 Å². The van der Waals surface area contributed by atoms with Gasteiger partial charge >= 0.3 is 0 Å². The van der Waals surface area contributed by atoms with Gasteiger partial charge in [-0.15, -0.1) is 0 Å². The monoisotopic (exact) mass is 586 g/mol. The minimum Gasteiger partial charge on any atom is -0.256 e. The first-order valence-electron chi connectivity index (χ1n) is 15.4. The van der Waals surface area contributed by atoms with Gasteiger partial charge in [0.25, 0.3) is 0 Å². The van der Waals surface area contributed by atoms with E-state index in [1.165, 1.54) is 21.5 Å². The molecule has 2 heterocycles. The van der Waals surface area contributed by atoms with E-state index in [9.17, 15) is 0 Å². The lowest BCUT2D eigenvalue weighted by molar-refractivity contribution is 1.08. The minimum atomic E-state index is 0.633. The number of hydrogen-bond donors (Lipinski definition) is 0. The van der Waals surface area contributed by atoms with E-state index >= 15 is 0 Å². The molecular weight excluding hydrogens is 560 g/mol. The van der Waals surface area contributed by atoms with Crippen LogP contribution in [0.5, 0.6) is 0 Å². The van der Waals surface area contributed by atoms with Crippen LogP contribution in [0.4, 0.5) is 0 Å². The fraction of sp³-hybridized carbons (Fsp3) is 0. The molecule has 4 nitrogen and oxygen atoms in total. The summed E-state index contributed by atoms with van der Waals surface area (Å²) in [7, 11) is 0. The van der Waals surface area contributed by atoms with E-state index in [2.05, 4.69) is 146 Å². The maximum atomic E-state index is 5.04. The molecule has 0 radical (unpaired) electrons. The topological polar surface area (TPSA) is 51.6 Å². The zero-order chi connectivity index (χ0) is 30.5. The molecule has 214 valence electrons. The lowest BCUT2D eigenvalue weighted by atomic mass is 9.94. The van der Waals surface area contributed by atoms with Gasteiger partial charge in [0.05, 0.1) is 5.52 Å². The zero-order valence-electron chi connectivity index (χ0n) is 24.8. The summed E-state index contributed by atoms with van der Waals surface area (Å²) in [6.07, 6.45) is 1.86. The van der Waals surface area contributed by atoms with Crippen LogP contribution in [0.15, 0.2) is 158 Å². The summed E-state index contributed by atoms with van der Waals surface area (Å²) in [5, 5.41) is 8.16. The Balaban J connectivity index is 1.21. The van der Waals surface area contributed by atoms with Gasteiger partial charge in [0.2, 0.25) is 0 Å². The molecule has 9 rings (SSSR count). The van der Waals surface area contributed by atoms with Gasteiger partial charge in [0, 0.05) is 33.8 Å². The molecule has 0 N–H and O–H groups in total. The highest BCUT2D eigenvalue weighted by Crippen LogP contribution is 2.36. The van der Waals surface area contributed by atoms with Gasteiger partial charge in [-0.1, -0.05) is 127 Å². The molecule has 0 spiro atoms. The summed E-state index contributed by atoms with van der Waals surface area (Å²) in [5.41, 5.74) is 6.05. The van der Waals surface area contributed by atoms with Crippen molar-refractivity contribution in [2.75, 3.05) is 0 Å². The Bertz CT molecular complexity index is 2440. The molecule has 7 aromatic carbocycles. The average Bonchev–Trinajstić information content (AvgIpc) is 3.13. The fourth-order valence-corrected chi connectivity index (χ4v) is 6.39. The maximum absolute atomic E-state index is 5.04. The van der Waals surface area contributed by atoms with Crippen LogP contribution >= 0.6 is 0 Å². The predicted molar refractivity (Wildman–Crippen MR) is 189 cm³/mol. The molecule has 0 aliphatic rings. The normalized spacial score (nSPS) is 11.5. The highest BCUT2D eigenvalue weighted by Gasteiger charge is 2.15. The molecule has 9 aromatic rings. The molecular formula is C42H26N4. The molecule has 0 aliphatic heterocycles. The van der Waals surface area contributed by atoms with Gasteiger partial charge in [-0.25, -0.2) is 15.0 Å². The molecule has 0 saturated carbocycles.